The highest BCUT2D eigenvalue weighted by atomic mass is 35.5. The number of anilines is 2. The zero-order chi connectivity index (χ0) is 26.7. The van der Waals surface area contributed by atoms with Crippen LogP contribution < -0.4 is 10.6 Å². The summed E-state index contributed by atoms with van der Waals surface area (Å²) in [6, 6.07) is 18.1. The maximum Gasteiger partial charge on any atom is 0.255 e. The van der Waals surface area contributed by atoms with Gasteiger partial charge in [0.25, 0.3) is 5.91 Å². The van der Waals surface area contributed by atoms with Crippen molar-refractivity contribution in [3.63, 3.8) is 0 Å². The van der Waals surface area contributed by atoms with Crippen LogP contribution in [-0.4, -0.2) is 21.8 Å². The summed E-state index contributed by atoms with van der Waals surface area (Å²) in [5.41, 5.74) is 4.16. The Labute approximate surface area is 236 Å². The third-order valence-electron chi connectivity index (χ3n) is 8.80. The van der Waals surface area contributed by atoms with E-state index in [1.54, 1.807) is 24.3 Å². The average molecular weight is 559 g/mol. The fourth-order valence-corrected chi connectivity index (χ4v) is 8.00. The molecule has 6 nitrogen and oxygen atoms in total. The Bertz CT molecular complexity index is 1560. The molecular weight excluding hydrogens is 531 g/mol. The lowest BCUT2D eigenvalue weighted by molar-refractivity contribution is -0.140. The number of halogens is 2. The molecule has 4 bridgehead atoms. The maximum atomic E-state index is 13.4. The van der Waals surface area contributed by atoms with Crippen LogP contribution in [0.2, 0.25) is 10.0 Å². The molecule has 0 saturated heterocycles. The van der Waals surface area contributed by atoms with E-state index < -0.39 is 0 Å². The highest BCUT2D eigenvalue weighted by Gasteiger charge is 2.54. The molecule has 1 heterocycles. The summed E-state index contributed by atoms with van der Waals surface area (Å²) in [5.74, 6) is 2.83. The summed E-state index contributed by atoms with van der Waals surface area (Å²) in [4.78, 5) is 34.1. The summed E-state index contributed by atoms with van der Waals surface area (Å²) in [5, 5.41) is 6.91. The van der Waals surface area contributed by atoms with Crippen LogP contribution in [0.5, 0.6) is 0 Å². The van der Waals surface area contributed by atoms with Crippen LogP contribution >= 0.6 is 23.2 Å². The lowest BCUT2D eigenvalue weighted by atomic mass is 9.49. The van der Waals surface area contributed by atoms with Gasteiger partial charge in [-0.05, 0) is 117 Å². The molecule has 8 heteroatoms. The fraction of sp³-hybridized carbons (Fsp3) is 0.323. The molecule has 8 rings (SSSR count). The number of benzene rings is 3. The number of H-pyrrole nitrogens is 1. The first-order valence-corrected chi connectivity index (χ1v) is 14.3. The second kappa shape index (κ2) is 9.39. The average Bonchev–Trinajstić information content (AvgIpc) is 3.31. The van der Waals surface area contributed by atoms with E-state index in [9.17, 15) is 9.59 Å². The minimum atomic E-state index is -0.301. The zero-order valence-corrected chi connectivity index (χ0v) is 22.8. The van der Waals surface area contributed by atoms with Gasteiger partial charge >= 0.3 is 0 Å². The molecule has 0 radical (unpaired) electrons. The molecule has 4 aliphatic rings. The number of imidazole rings is 1. The van der Waals surface area contributed by atoms with Crippen molar-refractivity contribution >= 4 is 57.4 Å². The lowest BCUT2D eigenvalue weighted by Gasteiger charge is -2.55. The molecule has 0 unspecified atom stereocenters. The summed E-state index contributed by atoms with van der Waals surface area (Å²) in [6.45, 7) is 0. The summed E-state index contributed by atoms with van der Waals surface area (Å²) in [6.07, 6.45) is 7.13. The number of fused-ring (bicyclic) bond motifs is 1. The number of rotatable bonds is 5. The highest BCUT2D eigenvalue weighted by Crippen LogP contribution is 2.60. The molecule has 0 aliphatic heterocycles. The van der Waals surface area contributed by atoms with Gasteiger partial charge in [0.05, 0.1) is 16.4 Å². The van der Waals surface area contributed by atoms with E-state index in [1.165, 1.54) is 19.3 Å². The first kappa shape index (κ1) is 24.7. The van der Waals surface area contributed by atoms with E-state index in [1.807, 2.05) is 36.4 Å². The molecule has 0 atom stereocenters. The number of hydrogen-bond donors (Lipinski definition) is 3. The van der Waals surface area contributed by atoms with Gasteiger partial charge in [-0.25, -0.2) is 4.98 Å². The number of aromatic nitrogens is 2. The van der Waals surface area contributed by atoms with Gasteiger partial charge in [0.2, 0.25) is 5.91 Å². The van der Waals surface area contributed by atoms with Crippen molar-refractivity contribution in [2.75, 3.05) is 10.6 Å². The molecule has 4 aliphatic carbocycles. The van der Waals surface area contributed by atoms with Crippen molar-refractivity contribution in [2.24, 2.45) is 23.2 Å². The van der Waals surface area contributed by atoms with Crippen LogP contribution in [0.25, 0.3) is 22.4 Å². The largest absolute Gasteiger partial charge is 0.338 e. The lowest BCUT2D eigenvalue weighted by Crippen LogP contribution is -2.51. The Morgan fingerprint density at radius 1 is 0.795 bits per heavy atom. The first-order chi connectivity index (χ1) is 18.8. The predicted molar refractivity (Wildman–Crippen MR) is 155 cm³/mol. The van der Waals surface area contributed by atoms with Gasteiger partial charge in [-0.2, -0.15) is 0 Å². The van der Waals surface area contributed by atoms with E-state index in [0.29, 0.717) is 27.1 Å². The van der Waals surface area contributed by atoms with E-state index in [4.69, 9.17) is 28.2 Å². The van der Waals surface area contributed by atoms with Gasteiger partial charge in [0, 0.05) is 32.5 Å². The van der Waals surface area contributed by atoms with Crippen LogP contribution in [-0.2, 0) is 4.79 Å². The Morgan fingerprint density at radius 2 is 1.41 bits per heavy atom. The Morgan fingerprint density at radius 3 is 2.05 bits per heavy atom. The zero-order valence-electron chi connectivity index (χ0n) is 21.3. The van der Waals surface area contributed by atoms with Gasteiger partial charge < -0.3 is 15.6 Å². The molecule has 1 aromatic heterocycles. The SMILES string of the molecule is O=C(Nc1ccc2nc(-c3ccc(NC(=O)C45CC6CC(CC(C6)C4)C5)cc3)[nH]c2c1)c1cc(Cl)cc(Cl)c1. The maximum absolute atomic E-state index is 13.4. The van der Waals surface area contributed by atoms with Gasteiger partial charge in [-0.15, -0.1) is 0 Å². The molecule has 198 valence electrons. The first-order valence-electron chi connectivity index (χ1n) is 13.5. The Kier molecular flexibility index (Phi) is 5.94. The van der Waals surface area contributed by atoms with Crippen molar-refractivity contribution in [3.8, 4) is 11.4 Å². The molecular formula is C31H28Cl2N4O2. The molecule has 4 aromatic rings. The summed E-state index contributed by atoms with van der Waals surface area (Å²) < 4.78 is 0. The van der Waals surface area contributed by atoms with E-state index in [-0.39, 0.29) is 17.2 Å². The van der Waals surface area contributed by atoms with E-state index in [0.717, 1.165) is 59.3 Å². The molecule has 0 spiro atoms. The van der Waals surface area contributed by atoms with Crippen LogP contribution in [0.1, 0.15) is 48.9 Å². The van der Waals surface area contributed by atoms with Crippen molar-refractivity contribution in [2.45, 2.75) is 38.5 Å². The molecule has 39 heavy (non-hydrogen) atoms. The molecule has 4 saturated carbocycles. The number of amides is 2. The number of hydrogen-bond acceptors (Lipinski definition) is 3. The molecule has 3 aromatic carbocycles. The number of nitrogens with zero attached hydrogens (tertiary/aromatic N) is 1. The molecule has 4 fully saturated rings. The molecule has 2 amide bonds. The van der Waals surface area contributed by atoms with Gasteiger partial charge in [0.15, 0.2) is 0 Å². The highest BCUT2D eigenvalue weighted by molar-refractivity contribution is 6.35. The number of aromatic amines is 1. The van der Waals surface area contributed by atoms with Gasteiger partial charge in [0.1, 0.15) is 5.82 Å². The van der Waals surface area contributed by atoms with Gasteiger partial charge in [-0.3, -0.25) is 9.59 Å². The van der Waals surface area contributed by atoms with Crippen molar-refractivity contribution in [1.82, 2.24) is 9.97 Å². The monoisotopic (exact) mass is 558 g/mol. The second-order valence-electron chi connectivity index (χ2n) is 11.7. The fourth-order valence-electron chi connectivity index (χ4n) is 7.48. The smallest absolute Gasteiger partial charge is 0.255 e. The van der Waals surface area contributed by atoms with E-state index >= 15 is 0 Å². The van der Waals surface area contributed by atoms with Crippen LogP contribution in [0.4, 0.5) is 11.4 Å². The van der Waals surface area contributed by atoms with Crippen molar-refractivity contribution in [3.05, 3.63) is 76.3 Å². The minimum Gasteiger partial charge on any atom is -0.338 e. The standard InChI is InChI=1S/C31H28Cl2N4O2/c32-22-10-21(11-23(33)12-22)29(38)34-25-5-6-26-27(13-25)37-28(36-26)20-1-3-24(4-2-20)35-30(39)31-14-17-7-18(15-31)9-19(8-17)16-31/h1-6,10-13,17-19H,7-9,14-16H2,(H,34,38)(H,35,39)(H,36,37). The number of carbonyl (C=O) groups excluding carboxylic acids is 2. The summed E-state index contributed by atoms with van der Waals surface area (Å²) >= 11 is 12.1. The topological polar surface area (TPSA) is 86.9 Å². The van der Waals surface area contributed by atoms with Crippen molar-refractivity contribution in [1.29, 1.82) is 0 Å². The Balaban J connectivity index is 1.05. The molecule has 3 N–H and O–H groups in total. The predicted octanol–water partition coefficient (Wildman–Crippen LogP) is 7.94. The second-order valence-corrected chi connectivity index (χ2v) is 12.5. The summed E-state index contributed by atoms with van der Waals surface area (Å²) in [7, 11) is 0. The van der Waals surface area contributed by atoms with E-state index in [2.05, 4.69) is 15.6 Å². The van der Waals surface area contributed by atoms with Crippen LogP contribution in [0, 0.1) is 23.2 Å². The number of nitrogens with one attached hydrogen (secondary N) is 3. The Hall–Kier alpha value is -3.35. The normalized spacial score (nSPS) is 25.1. The third-order valence-corrected chi connectivity index (χ3v) is 9.24. The van der Waals surface area contributed by atoms with Crippen LogP contribution in [0.15, 0.2) is 60.7 Å². The van der Waals surface area contributed by atoms with Crippen molar-refractivity contribution < 1.29 is 9.59 Å². The quantitative estimate of drug-likeness (QED) is 0.232. The number of carbonyl (C=O) groups is 2. The van der Waals surface area contributed by atoms with Crippen LogP contribution in [0.3, 0.4) is 0 Å². The third kappa shape index (κ3) is 4.70. The minimum absolute atomic E-state index is 0.168. The van der Waals surface area contributed by atoms with Gasteiger partial charge in [-0.1, -0.05) is 23.2 Å².